The Morgan fingerprint density at radius 1 is 0.398 bits per heavy atom. The molecule has 0 aromatic heterocycles. The fourth-order valence-corrected chi connectivity index (χ4v) is 9.63. The summed E-state index contributed by atoms with van der Waals surface area (Å²) in [5.41, 5.74) is 0. The summed E-state index contributed by atoms with van der Waals surface area (Å²) in [6.45, 7) is 4.22. The Morgan fingerprint density at radius 2 is 0.716 bits per heavy atom. The minimum Gasteiger partial charge on any atom is -0.388 e. The zero-order valence-corrected chi connectivity index (χ0v) is 52.3. The maximum atomic E-state index is 14.1. The van der Waals surface area contributed by atoms with E-state index in [2.05, 4.69) is 31.9 Å². The van der Waals surface area contributed by atoms with E-state index in [0.717, 1.165) is 0 Å². The summed E-state index contributed by atoms with van der Waals surface area (Å²) < 4.78 is 43.7. The number of carbonyl (C=O) groups excluding carboxylic acids is 6. The number of nitrogens with one attached hydrogen (secondary N) is 6. The molecule has 0 aromatic carbocycles. The monoisotopic (exact) mass is 1460 g/mol. The summed E-state index contributed by atoms with van der Waals surface area (Å²) >= 11 is 0. The summed E-state index contributed by atoms with van der Waals surface area (Å²) in [6, 6.07) is -1.20. The van der Waals surface area contributed by atoms with E-state index in [1.54, 1.807) is 0 Å². The molecule has 0 spiro atoms. The summed E-state index contributed by atoms with van der Waals surface area (Å²) in [4.78, 5) is 79.9. The third-order valence-corrected chi connectivity index (χ3v) is 15.0. The van der Waals surface area contributed by atoms with Gasteiger partial charge in [-0.25, -0.2) is 0 Å². The van der Waals surface area contributed by atoms with Gasteiger partial charge < -0.3 is 142 Å². The summed E-state index contributed by atoms with van der Waals surface area (Å²) in [5.74, 6) is -2.83. The van der Waals surface area contributed by atoms with Crippen molar-refractivity contribution in [3.05, 3.63) is 6.42 Å². The molecule has 4 fully saturated rings. The largest absolute Gasteiger partial charge is 1.00 e. The molecule has 18 N–H and O–H groups in total. The molecule has 88 heavy (non-hydrogen) atoms. The topological polar surface area (TPSA) is 494 Å². The first kappa shape index (κ1) is 78.8. The van der Waals surface area contributed by atoms with Crippen LogP contribution in [-0.2, 0) is 89.0 Å². The van der Waals surface area contributed by atoms with Crippen LogP contribution in [-0.4, -0.2) is 309 Å². The van der Waals surface area contributed by atoms with E-state index in [9.17, 15) is 90.0 Å². The van der Waals surface area contributed by atoms with E-state index in [-0.39, 0.29) is 125 Å². The van der Waals surface area contributed by atoms with E-state index in [4.69, 9.17) is 37.9 Å². The van der Waals surface area contributed by atoms with Gasteiger partial charge in [-0.1, -0.05) is 6.42 Å². The summed E-state index contributed by atoms with van der Waals surface area (Å²) in [6.07, 6.45) is -21.4. The Labute approximate surface area is 526 Å². The van der Waals surface area contributed by atoms with Gasteiger partial charge in [0.1, 0.15) is 73.2 Å². The zero-order chi connectivity index (χ0) is 64.3. The number of rotatable bonds is 38. The number of hydrogen-bond acceptors (Lipinski definition) is 27. The second-order valence-corrected chi connectivity index (χ2v) is 22.0. The minimum atomic E-state index is -1.62. The van der Waals surface area contributed by atoms with Crippen LogP contribution in [0, 0.1) is 6.42 Å². The molecule has 4 saturated heterocycles. The zero-order valence-electron chi connectivity index (χ0n) is 50.1. The number of hydrogen-bond donors (Lipinski definition) is 18. The summed E-state index contributed by atoms with van der Waals surface area (Å²) in [7, 11) is 0. The molecule has 34 heteroatoms. The van der Waals surface area contributed by atoms with E-state index in [1.807, 2.05) is 0 Å². The van der Waals surface area contributed by atoms with E-state index in [1.165, 1.54) is 39.0 Å². The molecule has 0 radical (unpaired) electrons. The number of aliphatic hydroxyl groups excluding tert-OH is 12. The first-order chi connectivity index (χ1) is 41.3. The van der Waals surface area contributed by atoms with Crippen LogP contribution in [0.25, 0.3) is 0 Å². The van der Waals surface area contributed by atoms with Crippen LogP contribution in [0.1, 0.15) is 91.9 Å². The minimum absolute atomic E-state index is 0. The molecule has 21 atom stereocenters. The van der Waals surface area contributed by atoms with Gasteiger partial charge in [-0.3, -0.25) is 28.9 Å². The Balaban J connectivity index is 0.0000202. The van der Waals surface area contributed by atoms with Gasteiger partial charge in [-0.05, 0) is 66.2 Å². The van der Waals surface area contributed by atoms with Crippen LogP contribution in [0.4, 0.5) is 0 Å². The molecule has 0 aromatic rings. The second-order valence-electron chi connectivity index (χ2n) is 22.0. The fourth-order valence-electron chi connectivity index (χ4n) is 9.63. The molecule has 0 unspecified atom stereocenters. The van der Waals surface area contributed by atoms with Crippen molar-refractivity contribution in [3.63, 3.8) is 0 Å². The molecule has 514 valence electrons. The van der Waals surface area contributed by atoms with Crippen LogP contribution in [0.15, 0.2) is 0 Å². The van der Waals surface area contributed by atoms with Gasteiger partial charge in [-0.15, -0.1) is 0 Å². The van der Waals surface area contributed by atoms with Crippen molar-refractivity contribution < 1.29 is 150 Å². The maximum absolute atomic E-state index is 14.1. The van der Waals surface area contributed by atoms with Gasteiger partial charge in [0.05, 0.1) is 75.9 Å². The van der Waals surface area contributed by atoms with E-state index >= 15 is 0 Å². The normalized spacial score (nSPS) is 32.6. The number of carbonyl (C=O) groups is 6. The molecule has 0 aliphatic carbocycles. The SMILES string of the molecule is C[C@@H]1O[C@@H](OCCNC(=O)CCCCC(=O)NCCCC[CH-]C(=O)NCCCC[C@@H](C(=O)NCCO[C@@H]2O[C@@H](C)[C@@H](O)[C@@H](O)[C@@H]2O)N(CC(=O)NCCO[C@@H]2O[C@@H](C)[C@@H](O)[C@@H](O)[C@@H]2O)CC(=O)NCCO[C@@H]2O[C@@H](C)[C@@H](O)[C@@H](O)[C@@H]2O)[C@@H](O)[C@H](O)[C@@H]1O.[Au+]. The number of amides is 6. The quantitative estimate of drug-likeness (QED) is 0.0155. The molecule has 4 heterocycles. The van der Waals surface area contributed by atoms with Crippen LogP contribution < -0.4 is 31.9 Å². The average molecular weight is 1460 g/mol. The van der Waals surface area contributed by atoms with Gasteiger partial charge in [-0.2, -0.15) is 6.42 Å². The van der Waals surface area contributed by atoms with Gasteiger partial charge in [0, 0.05) is 52.1 Å². The van der Waals surface area contributed by atoms with Crippen LogP contribution in [0.5, 0.6) is 0 Å². The van der Waals surface area contributed by atoms with Crippen molar-refractivity contribution >= 4 is 35.4 Å². The standard InChI is InChI=1S/C54H96N7O26.Au/c1-28-38(67)42(71)46(75)51(84-28)80-22-18-57-35(64)15-8-7-14-34(63)55-16-10-5-6-13-33(62)56-17-11-9-12-32(50(79)60-21-25-83-54-49(78)45(74)41(70)31(4)87-54)61(26-36(65)58-19-23-81-52-47(76)43(72)39(68)29(2)85-52)27-37(66)59-20-24-82-53-48(77)44(73)40(69)30(3)86-53;/h13,28-32,38-49,51-54,67-78H,5-12,14-27H2,1-4H3,(H,55,63)(H,56,62)(H,57,64)(H,58,65)(H,59,66)(H,60,79);/q-1;+1/t28-,29-,30-,31-,32-,38+,39+,40+,41+,42+,43+,44+,45+,46-,47-,48-,49-,51+,52+,53+,54+;/m0./s1. The third-order valence-electron chi connectivity index (χ3n) is 15.0. The van der Waals surface area contributed by atoms with Crippen LogP contribution in [0.3, 0.4) is 0 Å². The fraction of sp³-hybridized carbons (Fsp3) is 0.870. The van der Waals surface area contributed by atoms with Crippen molar-refractivity contribution in [2.24, 2.45) is 0 Å². The van der Waals surface area contributed by atoms with Crippen molar-refractivity contribution in [3.8, 4) is 0 Å². The van der Waals surface area contributed by atoms with E-state index in [0.29, 0.717) is 45.1 Å². The predicted molar refractivity (Wildman–Crippen MR) is 297 cm³/mol. The molecule has 4 aliphatic heterocycles. The first-order valence-corrected chi connectivity index (χ1v) is 29.8. The molecular formula is C54H96AuN7O26. The molecule has 0 bridgehead atoms. The number of aliphatic hydroxyl groups is 12. The molecule has 4 rings (SSSR count). The van der Waals surface area contributed by atoms with Crippen LogP contribution in [0.2, 0.25) is 0 Å². The average Bonchev–Trinajstić information content (AvgIpc) is 1.71. The van der Waals surface area contributed by atoms with Crippen molar-refractivity contribution in [2.75, 3.05) is 78.8 Å². The molecule has 33 nitrogen and oxygen atoms in total. The molecule has 6 amide bonds. The van der Waals surface area contributed by atoms with Gasteiger partial charge >= 0.3 is 22.4 Å². The van der Waals surface area contributed by atoms with Crippen LogP contribution >= 0.6 is 0 Å². The second kappa shape index (κ2) is 41.2. The van der Waals surface area contributed by atoms with Gasteiger partial charge in [0.15, 0.2) is 25.2 Å². The third kappa shape index (κ3) is 26.3. The number of nitrogens with zero attached hydrogens (tertiary/aromatic N) is 1. The van der Waals surface area contributed by atoms with E-state index < -0.39 is 160 Å². The Hall–Kier alpha value is -3.41. The molecule has 4 aliphatic rings. The first-order valence-electron chi connectivity index (χ1n) is 29.8. The summed E-state index contributed by atoms with van der Waals surface area (Å²) in [5, 5.41) is 138. The Kier molecular flexibility index (Phi) is 36.9. The smallest absolute Gasteiger partial charge is 0.388 e. The predicted octanol–water partition coefficient (Wildman–Crippen LogP) is -8.17. The van der Waals surface area contributed by atoms with Gasteiger partial charge in [0.2, 0.25) is 29.5 Å². The Morgan fingerprint density at radius 3 is 1.09 bits per heavy atom. The van der Waals surface area contributed by atoms with Crippen molar-refractivity contribution in [1.82, 2.24) is 36.8 Å². The number of ether oxygens (including phenoxy) is 8. The van der Waals surface area contributed by atoms with Crippen molar-refractivity contribution in [1.29, 1.82) is 0 Å². The molecule has 0 saturated carbocycles. The van der Waals surface area contributed by atoms with Gasteiger partial charge in [0.25, 0.3) is 0 Å². The van der Waals surface area contributed by atoms with Crippen molar-refractivity contribution in [2.45, 2.75) is 221 Å². The maximum Gasteiger partial charge on any atom is 1.00 e. The molecular weight excluding hydrogens is 1360 g/mol. The Bertz CT molecular complexity index is 2010. The number of unbranched alkanes of at least 4 members (excludes halogenated alkanes) is 4.